The smallest absolute Gasteiger partial charge is 0.0466 e. The Kier molecular flexibility index (Phi) is 14.1. The molecule has 0 radical (unpaired) electrons. The molecule has 23 heavy (non-hydrogen) atoms. The van der Waals surface area contributed by atoms with Gasteiger partial charge >= 0.3 is 0 Å². The lowest BCUT2D eigenvalue weighted by atomic mass is 10.0. The fourth-order valence-corrected chi connectivity index (χ4v) is 3.77. The number of hydrogen-bond acceptors (Lipinski definition) is 1. The molecule has 0 bridgehead atoms. The van der Waals surface area contributed by atoms with Gasteiger partial charge in [-0.3, -0.25) is 0 Å². The molecule has 0 N–H and O–H groups in total. The third-order valence-corrected chi connectivity index (χ3v) is 5.46. The standard InChI is InChI=1S/C22H44O/c1-3-5-6-7-8-9-10-13-16-21-20-22(21)17-14-11-12-15-19-23-18-4-2/h21-22H,3-20H2,1-2H3. The summed E-state index contributed by atoms with van der Waals surface area (Å²) in [5, 5.41) is 0. The van der Waals surface area contributed by atoms with Crippen LogP contribution in [0, 0.1) is 11.8 Å². The molecule has 0 saturated heterocycles. The van der Waals surface area contributed by atoms with Gasteiger partial charge in [0.1, 0.15) is 0 Å². The molecule has 1 saturated carbocycles. The lowest BCUT2D eigenvalue weighted by Crippen LogP contribution is -1.95. The predicted molar refractivity (Wildman–Crippen MR) is 103 cm³/mol. The summed E-state index contributed by atoms with van der Waals surface area (Å²) >= 11 is 0. The molecule has 1 fully saturated rings. The lowest BCUT2D eigenvalue weighted by molar-refractivity contribution is 0.130. The third-order valence-electron chi connectivity index (χ3n) is 5.46. The van der Waals surface area contributed by atoms with E-state index in [0.29, 0.717) is 0 Å². The van der Waals surface area contributed by atoms with E-state index in [1.807, 2.05) is 0 Å². The molecule has 0 spiro atoms. The molecule has 1 heteroatoms. The summed E-state index contributed by atoms with van der Waals surface area (Å²) in [5.74, 6) is 2.22. The van der Waals surface area contributed by atoms with Crippen molar-refractivity contribution in [1.29, 1.82) is 0 Å². The zero-order valence-electron chi connectivity index (χ0n) is 16.3. The Morgan fingerprint density at radius 2 is 1.09 bits per heavy atom. The fraction of sp³-hybridized carbons (Fsp3) is 1.00. The average molecular weight is 325 g/mol. The van der Waals surface area contributed by atoms with Crippen molar-refractivity contribution in [3.8, 4) is 0 Å². The van der Waals surface area contributed by atoms with Crippen LogP contribution < -0.4 is 0 Å². The second-order valence-corrected chi connectivity index (χ2v) is 7.83. The first kappa shape index (κ1) is 21.0. The zero-order valence-corrected chi connectivity index (χ0v) is 16.3. The van der Waals surface area contributed by atoms with Gasteiger partial charge in [0.15, 0.2) is 0 Å². The molecule has 2 unspecified atom stereocenters. The minimum atomic E-state index is 0.947. The molecule has 1 aliphatic carbocycles. The number of unbranched alkanes of at least 4 members (excludes halogenated alkanes) is 10. The first-order chi connectivity index (χ1) is 11.4. The molecule has 0 aromatic rings. The van der Waals surface area contributed by atoms with E-state index in [9.17, 15) is 0 Å². The van der Waals surface area contributed by atoms with Crippen molar-refractivity contribution in [2.45, 2.75) is 117 Å². The van der Waals surface area contributed by atoms with Crippen LogP contribution in [0.15, 0.2) is 0 Å². The van der Waals surface area contributed by atoms with E-state index in [1.54, 1.807) is 6.42 Å². The van der Waals surface area contributed by atoms with Crippen LogP contribution in [0.3, 0.4) is 0 Å². The van der Waals surface area contributed by atoms with Crippen LogP contribution in [0.4, 0.5) is 0 Å². The summed E-state index contributed by atoms with van der Waals surface area (Å²) in [7, 11) is 0. The van der Waals surface area contributed by atoms with Gasteiger partial charge in [-0.25, -0.2) is 0 Å². The molecular weight excluding hydrogens is 280 g/mol. The second kappa shape index (κ2) is 15.5. The third kappa shape index (κ3) is 13.0. The maximum atomic E-state index is 5.53. The molecular formula is C22H44O. The maximum Gasteiger partial charge on any atom is 0.0466 e. The Morgan fingerprint density at radius 3 is 1.65 bits per heavy atom. The fourth-order valence-electron chi connectivity index (χ4n) is 3.77. The predicted octanol–water partition coefficient (Wildman–Crippen LogP) is 7.53. The van der Waals surface area contributed by atoms with Gasteiger partial charge in [-0.1, -0.05) is 97.3 Å². The van der Waals surface area contributed by atoms with Gasteiger partial charge in [-0.2, -0.15) is 0 Å². The maximum absolute atomic E-state index is 5.53. The van der Waals surface area contributed by atoms with Crippen LogP contribution in [0.1, 0.15) is 117 Å². The Bertz CT molecular complexity index is 214. The first-order valence-electron chi connectivity index (χ1n) is 11.0. The number of ether oxygens (including phenoxy) is 1. The van der Waals surface area contributed by atoms with E-state index < -0.39 is 0 Å². The Morgan fingerprint density at radius 1 is 0.565 bits per heavy atom. The first-order valence-corrected chi connectivity index (χ1v) is 11.0. The van der Waals surface area contributed by atoms with Crippen molar-refractivity contribution in [3.05, 3.63) is 0 Å². The molecule has 2 atom stereocenters. The summed E-state index contributed by atoms with van der Waals surface area (Å²) in [6.45, 7) is 6.41. The monoisotopic (exact) mass is 324 g/mol. The highest BCUT2D eigenvalue weighted by Gasteiger charge is 2.34. The minimum absolute atomic E-state index is 0.947. The zero-order chi connectivity index (χ0) is 16.6. The van der Waals surface area contributed by atoms with Gasteiger partial charge in [-0.15, -0.1) is 0 Å². The van der Waals surface area contributed by atoms with Gasteiger partial charge in [0.05, 0.1) is 0 Å². The molecule has 0 aliphatic heterocycles. The molecule has 1 aliphatic rings. The van der Waals surface area contributed by atoms with Crippen LogP contribution in [-0.4, -0.2) is 13.2 Å². The normalized spacial score (nSPS) is 20.1. The van der Waals surface area contributed by atoms with Crippen LogP contribution in [-0.2, 0) is 4.74 Å². The Labute approximate surface area is 147 Å². The Balaban J connectivity index is 1.73. The van der Waals surface area contributed by atoms with Crippen molar-refractivity contribution < 1.29 is 4.74 Å². The van der Waals surface area contributed by atoms with Crippen LogP contribution in [0.25, 0.3) is 0 Å². The quantitative estimate of drug-likeness (QED) is 0.237. The van der Waals surface area contributed by atoms with Crippen molar-refractivity contribution >= 4 is 0 Å². The molecule has 1 rings (SSSR count). The molecule has 0 heterocycles. The molecule has 1 nitrogen and oxygen atoms in total. The lowest BCUT2D eigenvalue weighted by Gasteiger charge is -2.04. The molecule has 0 aromatic carbocycles. The van der Waals surface area contributed by atoms with Crippen molar-refractivity contribution in [2.75, 3.05) is 13.2 Å². The van der Waals surface area contributed by atoms with Gasteiger partial charge in [0.2, 0.25) is 0 Å². The number of hydrogen-bond donors (Lipinski definition) is 0. The largest absolute Gasteiger partial charge is 0.381 e. The van der Waals surface area contributed by atoms with E-state index in [0.717, 1.165) is 31.5 Å². The van der Waals surface area contributed by atoms with Crippen LogP contribution >= 0.6 is 0 Å². The summed E-state index contributed by atoms with van der Waals surface area (Å²) in [6, 6.07) is 0. The molecule has 138 valence electrons. The molecule has 0 amide bonds. The van der Waals surface area contributed by atoms with Crippen LogP contribution in [0.5, 0.6) is 0 Å². The highest BCUT2D eigenvalue weighted by molar-refractivity contribution is 4.85. The van der Waals surface area contributed by atoms with E-state index >= 15 is 0 Å². The highest BCUT2D eigenvalue weighted by Crippen LogP contribution is 2.45. The van der Waals surface area contributed by atoms with Crippen LogP contribution in [0.2, 0.25) is 0 Å². The van der Waals surface area contributed by atoms with Gasteiger partial charge in [0.25, 0.3) is 0 Å². The number of rotatable bonds is 18. The van der Waals surface area contributed by atoms with E-state index in [2.05, 4.69) is 13.8 Å². The van der Waals surface area contributed by atoms with Gasteiger partial charge < -0.3 is 4.74 Å². The van der Waals surface area contributed by atoms with E-state index in [1.165, 1.54) is 89.9 Å². The summed E-state index contributed by atoms with van der Waals surface area (Å²) in [5.41, 5.74) is 0. The second-order valence-electron chi connectivity index (χ2n) is 7.83. The minimum Gasteiger partial charge on any atom is -0.381 e. The average Bonchev–Trinajstić information content (AvgIpc) is 3.31. The van der Waals surface area contributed by atoms with Crippen molar-refractivity contribution in [2.24, 2.45) is 11.8 Å². The van der Waals surface area contributed by atoms with Crippen molar-refractivity contribution in [1.82, 2.24) is 0 Å². The van der Waals surface area contributed by atoms with Gasteiger partial charge in [0, 0.05) is 13.2 Å². The van der Waals surface area contributed by atoms with Crippen molar-refractivity contribution in [3.63, 3.8) is 0 Å². The SMILES string of the molecule is CCCCCCCCCCC1CC1CCCCCCOCCC. The Hall–Kier alpha value is -0.0400. The highest BCUT2D eigenvalue weighted by atomic mass is 16.5. The topological polar surface area (TPSA) is 9.23 Å². The summed E-state index contributed by atoms with van der Waals surface area (Å²) in [4.78, 5) is 0. The van der Waals surface area contributed by atoms with E-state index in [-0.39, 0.29) is 0 Å². The van der Waals surface area contributed by atoms with Gasteiger partial charge in [-0.05, 0) is 31.1 Å². The molecule has 0 aromatic heterocycles. The summed E-state index contributed by atoms with van der Waals surface area (Å²) < 4.78 is 5.53. The summed E-state index contributed by atoms with van der Waals surface area (Å²) in [6.07, 6.45) is 23.0. The van der Waals surface area contributed by atoms with E-state index in [4.69, 9.17) is 4.74 Å².